The molecule has 84 valence electrons. The molecule has 0 fully saturated rings. The van der Waals surface area contributed by atoms with Gasteiger partial charge in [0.05, 0.1) is 5.69 Å². The molecular weight excluding hydrogens is 208 g/mol. The molecule has 15 heavy (non-hydrogen) atoms. The Morgan fingerprint density at radius 1 is 1.67 bits per heavy atom. The number of hydrogen-bond acceptors (Lipinski definition) is 1. The summed E-state index contributed by atoms with van der Waals surface area (Å²) in [5.74, 6) is 0.586. The molecule has 0 saturated carbocycles. The van der Waals surface area contributed by atoms with Gasteiger partial charge < -0.3 is 0 Å². The van der Waals surface area contributed by atoms with Crippen LogP contribution in [-0.4, -0.2) is 15.7 Å². The number of allylic oxidation sites excluding steroid dienone is 1. The van der Waals surface area contributed by atoms with Crippen molar-refractivity contribution in [2.45, 2.75) is 26.7 Å². The third-order valence-corrected chi connectivity index (χ3v) is 3.38. The standard InChI is InChI=1S/C12H19ClN2/c1-5-10-7-11(15(4)14-10)8-12(3,6-2)9-13/h6-7H,2,5,8-9H2,1,3-4H3. The second-order valence-corrected chi connectivity index (χ2v) is 4.54. The first-order valence-corrected chi connectivity index (χ1v) is 5.79. The molecule has 1 aromatic heterocycles. The van der Waals surface area contributed by atoms with Gasteiger partial charge in [0.15, 0.2) is 0 Å². The quantitative estimate of drug-likeness (QED) is 0.558. The van der Waals surface area contributed by atoms with Gasteiger partial charge in [0.1, 0.15) is 0 Å². The molecule has 1 atom stereocenters. The van der Waals surface area contributed by atoms with Crippen molar-refractivity contribution in [2.24, 2.45) is 12.5 Å². The van der Waals surface area contributed by atoms with Crippen LogP contribution in [0.2, 0.25) is 0 Å². The monoisotopic (exact) mass is 226 g/mol. The molecule has 3 heteroatoms. The SMILES string of the molecule is C=CC(C)(CCl)Cc1cc(CC)nn1C. The zero-order valence-electron chi connectivity index (χ0n) is 9.76. The Morgan fingerprint density at radius 3 is 2.73 bits per heavy atom. The third-order valence-electron chi connectivity index (χ3n) is 2.77. The Morgan fingerprint density at radius 2 is 2.33 bits per heavy atom. The molecule has 0 N–H and O–H groups in total. The van der Waals surface area contributed by atoms with Gasteiger partial charge in [0, 0.05) is 24.0 Å². The summed E-state index contributed by atoms with van der Waals surface area (Å²) >= 11 is 5.95. The van der Waals surface area contributed by atoms with Crippen molar-refractivity contribution in [3.8, 4) is 0 Å². The number of alkyl halides is 1. The van der Waals surface area contributed by atoms with Crippen molar-refractivity contribution in [1.82, 2.24) is 9.78 Å². The van der Waals surface area contributed by atoms with E-state index in [-0.39, 0.29) is 5.41 Å². The lowest BCUT2D eigenvalue weighted by Crippen LogP contribution is -2.20. The normalized spacial score (nSPS) is 14.9. The van der Waals surface area contributed by atoms with Crippen LogP contribution in [0.5, 0.6) is 0 Å². The fraction of sp³-hybridized carbons (Fsp3) is 0.583. The first-order valence-electron chi connectivity index (χ1n) is 5.26. The molecule has 1 unspecified atom stereocenters. The van der Waals surface area contributed by atoms with E-state index in [1.165, 1.54) is 5.69 Å². The summed E-state index contributed by atoms with van der Waals surface area (Å²) in [5.41, 5.74) is 2.31. The van der Waals surface area contributed by atoms with E-state index in [2.05, 4.69) is 31.6 Å². The summed E-state index contributed by atoms with van der Waals surface area (Å²) in [5, 5.41) is 4.42. The largest absolute Gasteiger partial charge is 0.272 e. The molecule has 0 spiro atoms. The van der Waals surface area contributed by atoms with Crippen molar-refractivity contribution >= 4 is 11.6 Å². The average Bonchev–Trinajstić information content (AvgIpc) is 2.59. The lowest BCUT2D eigenvalue weighted by Gasteiger charge is -2.22. The molecule has 0 aromatic carbocycles. The smallest absolute Gasteiger partial charge is 0.0624 e. The second-order valence-electron chi connectivity index (χ2n) is 4.27. The molecular formula is C12H19ClN2. The molecule has 1 heterocycles. The molecule has 0 aliphatic heterocycles. The fourth-order valence-corrected chi connectivity index (χ4v) is 1.70. The number of hydrogen-bond donors (Lipinski definition) is 0. The Bertz CT molecular complexity index is 343. The predicted octanol–water partition coefficient (Wildman–Crippen LogP) is 2.96. The summed E-state index contributed by atoms with van der Waals surface area (Å²) in [6.45, 7) is 8.07. The predicted molar refractivity (Wildman–Crippen MR) is 65.3 cm³/mol. The summed E-state index contributed by atoms with van der Waals surface area (Å²) < 4.78 is 1.94. The fourth-order valence-electron chi connectivity index (χ4n) is 1.50. The topological polar surface area (TPSA) is 17.8 Å². The van der Waals surface area contributed by atoms with Gasteiger partial charge in [-0.3, -0.25) is 4.68 Å². The number of aromatic nitrogens is 2. The Labute approximate surface area is 96.9 Å². The van der Waals surface area contributed by atoms with Crippen LogP contribution in [0.4, 0.5) is 0 Å². The van der Waals surface area contributed by atoms with E-state index >= 15 is 0 Å². The molecule has 0 bridgehead atoms. The number of aryl methyl sites for hydroxylation is 2. The van der Waals surface area contributed by atoms with E-state index in [1.807, 2.05) is 17.8 Å². The Hall–Kier alpha value is -0.760. The molecule has 1 aromatic rings. The minimum atomic E-state index is -0.0413. The lowest BCUT2D eigenvalue weighted by atomic mass is 9.88. The van der Waals surface area contributed by atoms with Crippen molar-refractivity contribution in [3.63, 3.8) is 0 Å². The summed E-state index contributed by atoms with van der Waals surface area (Å²) in [6, 6.07) is 2.15. The van der Waals surface area contributed by atoms with Gasteiger partial charge in [-0.05, 0) is 18.9 Å². The van der Waals surface area contributed by atoms with Crippen LogP contribution in [0.1, 0.15) is 25.2 Å². The van der Waals surface area contributed by atoms with Gasteiger partial charge in [-0.25, -0.2) is 0 Å². The molecule has 1 rings (SSSR count). The second kappa shape index (κ2) is 4.84. The minimum Gasteiger partial charge on any atom is -0.272 e. The highest BCUT2D eigenvalue weighted by Gasteiger charge is 2.21. The Kier molecular flexibility index (Phi) is 3.97. The maximum atomic E-state index is 5.95. The van der Waals surface area contributed by atoms with E-state index in [0.29, 0.717) is 5.88 Å². The van der Waals surface area contributed by atoms with Gasteiger partial charge in [0.2, 0.25) is 0 Å². The van der Waals surface area contributed by atoms with Crippen molar-refractivity contribution in [3.05, 3.63) is 30.1 Å². The van der Waals surface area contributed by atoms with Crippen LogP contribution < -0.4 is 0 Å². The highest BCUT2D eigenvalue weighted by Crippen LogP contribution is 2.25. The summed E-state index contributed by atoms with van der Waals surface area (Å²) in [6.07, 6.45) is 3.79. The molecule has 0 aliphatic carbocycles. The van der Waals surface area contributed by atoms with Gasteiger partial charge >= 0.3 is 0 Å². The highest BCUT2D eigenvalue weighted by molar-refractivity contribution is 6.18. The lowest BCUT2D eigenvalue weighted by molar-refractivity contribution is 0.466. The van der Waals surface area contributed by atoms with Crippen LogP contribution >= 0.6 is 11.6 Å². The first-order chi connectivity index (χ1) is 7.04. The average molecular weight is 227 g/mol. The number of nitrogens with zero attached hydrogens (tertiary/aromatic N) is 2. The van der Waals surface area contributed by atoms with Gasteiger partial charge in [-0.15, -0.1) is 18.2 Å². The zero-order chi connectivity index (χ0) is 11.5. The van der Waals surface area contributed by atoms with Crippen molar-refractivity contribution in [2.75, 3.05) is 5.88 Å². The van der Waals surface area contributed by atoms with E-state index in [9.17, 15) is 0 Å². The maximum Gasteiger partial charge on any atom is 0.0624 e. The molecule has 0 amide bonds. The highest BCUT2D eigenvalue weighted by atomic mass is 35.5. The number of halogens is 1. The Balaban J connectivity index is 2.88. The summed E-state index contributed by atoms with van der Waals surface area (Å²) in [7, 11) is 1.98. The van der Waals surface area contributed by atoms with E-state index in [4.69, 9.17) is 11.6 Å². The molecule has 0 saturated heterocycles. The first kappa shape index (κ1) is 12.3. The molecule has 0 radical (unpaired) electrons. The van der Waals surface area contributed by atoms with Crippen molar-refractivity contribution < 1.29 is 0 Å². The third kappa shape index (κ3) is 2.85. The van der Waals surface area contributed by atoms with Gasteiger partial charge in [0.25, 0.3) is 0 Å². The zero-order valence-corrected chi connectivity index (χ0v) is 10.5. The van der Waals surface area contributed by atoms with Crippen LogP contribution in [0, 0.1) is 5.41 Å². The van der Waals surface area contributed by atoms with Gasteiger partial charge in [-0.1, -0.05) is 19.9 Å². The summed E-state index contributed by atoms with van der Waals surface area (Å²) in [4.78, 5) is 0. The van der Waals surface area contributed by atoms with E-state index in [1.54, 1.807) is 0 Å². The van der Waals surface area contributed by atoms with Crippen LogP contribution in [0.25, 0.3) is 0 Å². The molecule has 2 nitrogen and oxygen atoms in total. The molecule has 0 aliphatic rings. The van der Waals surface area contributed by atoms with Crippen LogP contribution in [-0.2, 0) is 19.9 Å². The maximum absolute atomic E-state index is 5.95. The van der Waals surface area contributed by atoms with Crippen LogP contribution in [0.3, 0.4) is 0 Å². The van der Waals surface area contributed by atoms with Gasteiger partial charge in [-0.2, -0.15) is 5.10 Å². The van der Waals surface area contributed by atoms with Crippen molar-refractivity contribution in [1.29, 1.82) is 0 Å². The minimum absolute atomic E-state index is 0.0413. The van der Waals surface area contributed by atoms with E-state index < -0.39 is 0 Å². The van der Waals surface area contributed by atoms with E-state index in [0.717, 1.165) is 18.5 Å². The van der Waals surface area contributed by atoms with Crippen LogP contribution in [0.15, 0.2) is 18.7 Å². The number of rotatable bonds is 5.